The first-order valence-electron chi connectivity index (χ1n) is 11.3. The van der Waals surface area contributed by atoms with Gasteiger partial charge in [-0.2, -0.15) is 0 Å². The lowest BCUT2D eigenvalue weighted by atomic mass is 9.74. The fourth-order valence-electron chi connectivity index (χ4n) is 4.22. The van der Waals surface area contributed by atoms with Crippen LogP contribution < -0.4 is 11.2 Å². The highest BCUT2D eigenvalue weighted by atomic mass is 31.1. The zero-order chi connectivity index (χ0) is 25.3. The van der Waals surface area contributed by atoms with Crippen molar-refractivity contribution in [1.29, 1.82) is 0 Å². The standard InChI is InChI=1S/C23H33N2O8P/c1-6-16(20(27)32-15(3)4)9-12-30-13-10-17-18(14-31-34-29)33-21(23(17,5)7-2)25-11-8-19(26)24-22(25)28/h2,8,11,15-18,21H,6,9-10,12-14H2,1,3-5H3,(H,24,26,28)/t16?,17-,18-,21-,23-/m1/s1. The third-order valence-electron chi connectivity index (χ3n) is 6.10. The molecule has 1 saturated heterocycles. The molecular weight excluding hydrogens is 463 g/mol. The third-order valence-corrected chi connectivity index (χ3v) is 6.36. The van der Waals surface area contributed by atoms with E-state index in [-0.39, 0.29) is 30.5 Å². The number of carbonyl (C=O) groups excluding carboxylic acids is 1. The van der Waals surface area contributed by atoms with Gasteiger partial charge in [-0.3, -0.25) is 23.7 Å². The van der Waals surface area contributed by atoms with Crippen molar-refractivity contribution in [3.63, 3.8) is 0 Å². The molecular formula is C23H33N2O8P. The fourth-order valence-corrected chi connectivity index (χ4v) is 4.42. The predicted octanol–water partition coefficient (Wildman–Crippen LogP) is 2.69. The number of aromatic amines is 1. The van der Waals surface area contributed by atoms with E-state index in [1.165, 1.54) is 16.8 Å². The molecule has 1 fully saturated rings. The van der Waals surface area contributed by atoms with E-state index in [1.807, 2.05) is 20.8 Å². The molecule has 1 aromatic rings. The van der Waals surface area contributed by atoms with Crippen molar-refractivity contribution in [2.24, 2.45) is 17.3 Å². The third kappa shape index (κ3) is 6.86. The molecule has 0 spiro atoms. The van der Waals surface area contributed by atoms with E-state index in [1.54, 1.807) is 6.92 Å². The molecule has 0 aromatic carbocycles. The molecule has 0 saturated carbocycles. The largest absolute Gasteiger partial charge is 0.463 e. The highest BCUT2D eigenvalue weighted by Crippen LogP contribution is 2.50. The summed E-state index contributed by atoms with van der Waals surface area (Å²) in [6, 6.07) is 1.22. The van der Waals surface area contributed by atoms with Gasteiger partial charge in [-0.15, -0.1) is 6.42 Å². The monoisotopic (exact) mass is 496 g/mol. The summed E-state index contributed by atoms with van der Waals surface area (Å²) in [4.78, 5) is 38.2. The van der Waals surface area contributed by atoms with Crippen LogP contribution in [-0.2, 0) is 28.1 Å². The zero-order valence-electron chi connectivity index (χ0n) is 20.0. The van der Waals surface area contributed by atoms with Gasteiger partial charge in [0, 0.05) is 31.4 Å². The number of carbonyl (C=O) groups is 1. The summed E-state index contributed by atoms with van der Waals surface area (Å²) in [7, 11) is -0.497. The Morgan fingerprint density at radius 1 is 1.38 bits per heavy atom. The van der Waals surface area contributed by atoms with Crippen LogP contribution in [-0.4, -0.2) is 47.5 Å². The van der Waals surface area contributed by atoms with Gasteiger partial charge in [0.1, 0.15) is 0 Å². The van der Waals surface area contributed by atoms with Crippen molar-refractivity contribution in [3.8, 4) is 12.3 Å². The van der Waals surface area contributed by atoms with Crippen molar-refractivity contribution in [2.75, 3.05) is 19.8 Å². The van der Waals surface area contributed by atoms with Gasteiger partial charge in [0.05, 0.1) is 30.1 Å². The van der Waals surface area contributed by atoms with Gasteiger partial charge in [0.2, 0.25) is 0 Å². The molecule has 1 aliphatic heterocycles. The molecule has 0 bridgehead atoms. The Balaban J connectivity index is 2.08. The quantitative estimate of drug-likeness (QED) is 0.191. The lowest BCUT2D eigenvalue weighted by Crippen LogP contribution is -2.38. The first-order chi connectivity index (χ1) is 16.2. The molecule has 2 heterocycles. The first-order valence-corrected chi connectivity index (χ1v) is 12.1. The molecule has 0 radical (unpaired) electrons. The molecule has 1 aromatic heterocycles. The van der Waals surface area contributed by atoms with Gasteiger partial charge in [0.25, 0.3) is 5.56 Å². The molecule has 1 aliphatic rings. The van der Waals surface area contributed by atoms with E-state index >= 15 is 0 Å². The van der Waals surface area contributed by atoms with Crippen LogP contribution in [0.4, 0.5) is 0 Å². The van der Waals surface area contributed by atoms with E-state index in [0.29, 0.717) is 32.5 Å². The summed E-state index contributed by atoms with van der Waals surface area (Å²) in [5.74, 6) is 2.00. The molecule has 0 amide bonds. The molecule has 188 valence electrons. The number of ether oxygens (including phenoxy) is 3. The van der Waals surface area contributed by atoms with Gasteiger partial charge >= 0.3 is 20.3 Å². The van der Waals surface area contributed by atoms with Crippen LogP contribution in [0.2, 0.25) is 0 Å². The minimum Gasteiger partial charge on any atom is -0.463 e. The van der Waals surface area contributed by atoms with Gasteiger partial charge in [-0.1, -0.05) is 12.8 Å². The minimum absolute atomic E-state index is 0.000543. The van der Waals surface area contributed by atoms with Gasteiger partial charge < -0.3 is 14.2 Å². The number of rotatable bonds is 13. The predicted molar refractivity (Wildman–Crippen MR) is 124 cm³/mol. The SMILES string of the molecule is C#C[C@]1(C)[C@H](CCOCCC(CC)C(=O)OC(C)C)[C@@H](COP=O)O[C@H]1n1ccc(=O)[nH]c1=O. The van der Waals surface area contributed by atoms with Crippen LogP contribution in [0.1, 0.15) is 53.2 Å². The van der Waals surface area contributed by atoms with Crippen LogP contribution in [0.3, 0.4) is 0 Å². The maximum Gasteiger partial charge on any atom is 0.330 e. The van der Waals surface area contributed by atoms with Crippen molar-refractivity contribution < 1.29 is 28.1 Å². The Hall–Kier alpha value is -2.31. The molecule has 0 aliphatic carbocycles. The second-order valence-electron chi connectivity index (χ2n) is 8.73. The maximum atomic E-state index is 12.4. The average Bonchev–Trinajstić information content (AvgIpc) is 3.06. The van der Waals surface area contributed by atoms with Gasteiger partial charge in [0.15, 0.2) is 6.23 Å². The van der Waals surface area contributed by atoms with Crippen molar-refractivity contribution in [2.45, 2.75) is 65.4 Å². The van der Waals surface area contributed by atoms with Crippen molar-refractivity contribution >= 4 is 14.7 Å². The number of nitrogens with zero attached hydrogens (tertiary/aromatic N) is 1. The number of nitrogens with one attached hydrogen (secondary N) is 1. The second kappa shape index (κ2) is 13.0. The van der Waals surface area contributed by atoms with Crippen LogP contribution in [0.25, 0.3) is 0 Å². The smallest absolute Gasteiger partial charge is 0.330 e. The van der Waals surface area contributed by atoms with Gasteiger partial charge in [-0.05, 0) is 40.0 Å². The summed E-state index contributed by atoms with van der Waals surface area (Å²) in [5.41, 5.74) is -2.11. The number of hydrogen-bond acceptors (Lipinski definition) is 8. The first kappa shape index (κ1) is 27.9. The van der Waals surface area contributed by atoms with Crippen LogP contribution in [0.15, 0.2) is 21.9 Å². The van der Waals surface area contributed by atoms with Gasteiger partial charge in [-0.25, -0.2) is 9.36 Å². The van der Waals surface area contributed by atoms with Crippen molar-refractivity contribution in [3.05, 3.63) is 33.1 Å². The maximum absolute atomic E-state index is 12.4. The molecule has 5 atom stereocenters. The Morgan fingerprint density at radius 2 is 2.12 bits per heavy atom. The average molecular weight is 496 g/mol. The van der Waals surface area contributed by atoms with E-state index in [0.717, 1.165) is 0 Å². The van der Waals surface area contributed by atoms with E-state index < -0.39 is 37.7 Å². The summed E-state index contributed by atoms with van der Waals surface area (Å²) in [6.45, 7) is 8.06. The van der Waals surface area contributed by atoms with E-state index in [2.05, 4.69) is 10.9 Å². The Kier molecular flexibility index (Phi) is 10.6. The second-order valence-corrected chi connectivity index (χ2v) is 9.14. The summed E-state index contributed by atoms with van der Waals surface area (Å²) < 4.78 is 34.3. The molecule has 11 heteroatoms. The fraction of sp³-hybridized carbons (Fsp3) is 0.696. The lowest BCUT2D eigenvalue weighted by Gasteiger charge is -2.31. The summed E-state index contributed by atoms with van der Waals surface area (Å²) >= 11 is 0. The Labute approximate surface area is 200 Å². The number of hydrogen-bond donors (Lipinski definition) is 1. The molecule has 1 unspecified atom stereocenters. The van der Waals surface area contributed by atoms with E-state index in [9.17, 15) is 18.9 Å². The highest BCUT2D eigenvalue weighted by molar-refractivity contribution is 7.17. The summed E-state index contributed by atoms with van der Waals surface area (Å²) in [5, 5.41) is 0. The van der Waals surface area contributed by atoms with Crippen LogP contribution in [0, 0.1) is 29.6 Å². The Bertz CT molecular complexity index is 984. The topological polar surface area (TPSA) is 126 Å². The Morgan fingerprint density at radius 3 is 2.71 bits per heavy atom. The van der Waals surface area contributed by atoms with Crippen LogP contribution >= 0.6 is 8.69 Å². The number of terminal acetylenes is 1. The van der Waals surface area contributed by atoms with Crippen molar-refractivity contribution in [1.82, 2.24) is 9.55 Å². The molecule has 2 rings (SSSR count). The number of H-pyrrole nitrogens is 1. The minimum atomic E-state index is -0.938. The molecule has 1 N–H and O–H groups in total. The molecule has 34 heavy (non-hydrogen) atoms. The molecule has 10 nitrogen and oxygen atoms in total. The van der Waals surface area contributed by atoms with E-state index in [4.69, 9.17) is 25.2 Å². The summed E-state index contributed by atoms with van der Waals surface area (Å²) in [6.07, 6.45) is 7.33. The zero-order valence-corrected chi connectivity index (χ0v) is 20.9. The highest BCUT2D eigenvalue weighted by Gasteiger charge is 2.53. The lowest BCUT2D eigenvalue weighted by molar-refractivity contribution is -0.153. The number of aromatic nitrogens is 2. The van der Waals surface area contributed by atoms with Crippen LogP contribution in [0.5, 0.6) is 0 Å². The normalized spacial score (nSPS) is 25.4. The number of esters is 1.